The molecule has 1 aromatic heterocycles. The Bertz CT molecular complexity index is 986. The Morgan fingerprint density at radius 3 is 2.85 bits per heavy atom. The number of anilines is 1. The second kappa shape index (κ2) is 7.51. The molecule has 0 radical (unpaired) electrons. The maximum Gasteiger partial charge on any atom is 0.274 e. The van der Waals surface area contributed by atoms with E-state index in [1.165, 1.54) is 40.8 Å². The van der Waals surface area contributed by atoms with Crippen LogP contribution in [0.4, 0.5) is 10.1 Å². The fourth-order valence-corrected chi connectivity index (χ4v) is 3.46. The summed E-state index contributed by atoms with van der Waals surface area (Å²) in [5.74, 6) is -0.900. The van der Waals surface area contributed by atoms with Gasteiger partial charge in [-0.1, -0.05) is 0 Å². The highest BCUT2D eigenvalue weighted by atomic mass is 32.2. The number of carbonyl (C=O) groups excluding carboxylic acids is 1. The van der Waals surface area contributed by atoms with E-state index in [0.717, 1.165) is 0 Å². The number of aromatic nitrogens is 1. The molecule has 2 aromatic rings. The Hall–Kier alpha value is -3.32. The number of nitrogens with one attached hydrogen (secondary N) is 1. The highest BCUT2D eigenvalue weighted by Crippen LogP contribution is 2.28. The monoisotopic (exact) mass is 386 g/mol. The molecule has 8 nitrogen and oxygen atoms in total. The summed E-state index contributed by atoms with van der Waals surface area (Å²) < 4.78 is 27.6. The summed E-state index contributed by atoms with van der Waals surface area (Å²) in [6.07, 6.45) is 1.29. The highest BCUT2D eigenvalue weighted by molar-refractivity contribution is 7.83. The molecule has 1 aliphatic heterocycles. The number of nitrogens with two attached hydrogens (primary N) is 1. The molecule has 0 fully saturated rings. The van der Waals surface area contributed by atoms with E-state index in [2.05, 4.69) is 15.3 Å². The largest absolute Gasteiger partial charge is 0.369 e. The van der Waals surface area contributed by atoms with Crippen LogP contribution in [-0.4, -0.2) is 38.2 Å². The van der Waals surface area contributed by atoms with Crippen LogP contribution in [0.5, 0.6) is 0 Å². The first kappa shape index (κ1) is 18.5. The number of nitriles is 1. The van der Waals surface area contributed by atoms with Crippen molar-refractivity contribution in [1.82, 2.24) is 9.29 Å². The number of carbonyl (C=O) groups is 1. The number of hydrogen-bond acceptors (Lipinski definition) is 6. The topological polar surface area (TPSA) is 124 Å². The molecule has 0 saturated carbocycles. The molecule has 10 heteroatoms. The fourth-order valence-electron chi connectivity index (χ4n) is 2.46. The third-order valence-electron chi connectivity index (χ3n) is 3.95. The van der Waals surface area contributed by atoms with E-state index in [1.54, 1.807) is 7.05 Å². The number of pyridine rings is 1. The third kappa shape index (κ3) is 3.93. The van der Waals surface area contributed by atoms with E-state index < -0.39 is 28.8 Å². The van der Waals surface area contributed by atoms with Crippen molar-refractivity contribution in [3.8, 4) is 6.07 Å². The van der Waals surface area contributed by atoms with Gasteiger partial charge in [-0.05, 0) is 30.3 Å². The van der Waals surface area contributed by atoms with Crippen molar-refractivity contribution in [1.29, 1.82) is 5.26 Å². The van der Waals surface area contributed by atoms with E-state index >= 15 is 0 Å². The summed E-state index contributed by atoms with van der Waals surface area (Å²) in [5.41, 5.74) is 6.69. The summed E-state index contributed by atoms with van der Waals surface area (Å²) >= 11 is 0. The Morgan fingerprint density at radius 2 is 2.22 bits per heavy atom. The van der Waals surface area contributed by atoms with E-state index in [0.29, 0.717) is 11.3 Å². The molecule has 0 spiro atoms. The molecule has 138 valence electrons. The minimum Gasteiger partial charge on any atom is -0.369 e. The number of hydrogen-bond donors (Lipinski definition) is 2. The van der Waals surface area contributed by atoms with Crippen LogP contribution in [-0.2, 0) is 11.0 Å². The van der Waals surface area contributed by atoms with Crippen molar-refractivity contribution in [2.24, 2.45) is 10.7 Å². The van der Waals surface area contributed by atoms with Crippen molar-refractivity contribution in [2.75, 3.05) is 18.1 Å². The molecule has 1 amide bonds. The first-order valence-electron chi connectivity index (χ1n) is 7.81. The van der Waals surface area contributed by atoms with Gasteiger partial charge in [0.15, 0.2) is 0 Å². The van der Waals surface area contributed by atoms with Gasteiger partial charge in [0, 0.05) is 24.5 Å². The van der Waals surface area contributed by atoms with Crippen molar-refractivity contribution >= 4 is 28.5 Å². The number of halogens is 1. The van der Waals surface area contributed by atoms with Crippen LogP contribution in [0.15, 0.2) is 41.5 Å². The normalized spacial score (nSPS) is 19.1. The number of amides is 1. The highest BCUT2D eigenvalue weighted by Gasteiger charge is 2.27. The standard InChI is InChI=1S/C17H15FN6O2S/c1-24-17(20)23-15(9-27(24)26)12-6-11(3-4-13(12)18)22-16(25)14-5-2-10(7-19)8-21-14/h2-6,8,15H,9H2,1H3,(H2,20,23)(H,22,25). The molecule has 27 heavy (non-hydrogen) atoms. The number of aliphatic imine (C=N–C) groups is 1. The molecule has 0 bridgehead atoms. The maximum atomic E-state index is 14.3. The SMILES string of the molecule is CN1C(N)=NC(c2cc(NC(=O)c3ccc(C#N)cn3)ccc2F)CS1=O. The average molecular weight is 386 g/mol. The van der Waals surface area contributed by atoms with Gasteiger partial charge in [0.2, 0.25) is 5.96 Å². The lowest BCUT2D eigenvalue weighted by Gasteiger charge is -2.26. The van der Waals surface area contributed by atoms with Crippen molar-refractivity contribution in [3.63, 3.8) is 0 Å². The lowest BCUT2D eigenvalue weighted by Crippen LogP contribution is -2.41. The molecule has 2 atom stereocenters. The minimum absolute atomic E-state index is 0.0557. The zero-order chi connectivity index (χ0) is 19.6. The van der Waals surface area contributed by atoms with Crippen LogP contribution in [0.2, 0.25) is 0 Å². The average Bonchev–Trinajstić information content (AvgIpc) is 2.67. The summed E-state index contributed by atoms with van der Waals surface area (Å²) in [5, 5.41) is 11.4. The summed E-state index contributed by atoms with van der Waals surface area (Å²) in [6, 6.07) is 8.13. The Morgan fingerprint density at radius 1 is 1.44 bits per heavy atom. The minimum atomic E-state index is -1.42. The van der Waals surface area contributed by atoms with Gasteiger partial charge < -0.3 is 11.1 Å². The molecule has 3 N–H and O–H groups in total. The van der Waals surface area contributed by atoms with Crippen LogP contribution >= 0.6 is 0 Å². The third-order valence-corrected chi connectivity index (χ3v) is 5.35. The van der Waals surface area contributed by atoms with Gasteiger partial charge in [-0.25, -0.2) is 18.6 Å². The van der Waals surface area contributed by atoms with E-state index in [1.807, 2.05) is 6.07 Å². The molecular weight excluding hydrogens is 371 g/mol. The number of benzene rings is 1. The zero-order valence-corrected chi connectivity index (χ0v) is 15.0. The predicted molar refractivity (Wildman–Crippen MR) is 98.4 cm³/mol. The quantitative estimate of drug-likeness (QED) is 0.823. The fraction of sp³-hybridized carbons (Fsp3) is 0.176. The second-order valence-corrected chi connectivity index (χ2v) is 7.25. The van der Waals surface area contributed by atoms with E-state index in [-0.39, 0.29) is 23.0 Å². The van der Waals surface area contributed by atoms with Gasteiger partial charge in [-0.3, -0.25) is 9.10 Å². The second-order valence-electron chi connectivity index (χ2n) is 5.72. The van der Waals surface area contributed by atoms with Gasteiger partial charge >= 0.3 is 0 Å². The number of nitrogens with zero attached hydrogens (tertiary/aromatic N) is 4. The van der Waals surface area contributed by atoms with Crippen LogP contribution in [0, 0.1) is 17.1 Å². The summed E-state index contributed by atoms with van der Waals surface area (Å²) in [7, 11) is 0.127. The predicted octanol–water partition coefficient (Wildman–Crippen LogP) is 1.31. The van der Waals surface area contributed by atoms with Crippen LogP contribution in [0.1, 0.15) is 27.7 Å². The molecule has 2 heterocycles. The molecular formula is C17H15FN6O2S. The smallest absolute Gasteiger partial charge is 0.274 e. The van der Waals surface area contributed by atoms with E-state index in [9.17, 15) is 13.4 Å². The van der Waals surface area contributed by atoms with Gasteiger partial charge in [0.25, 0.3) is 5.91 Å². The first-order chi connectivity index (χ1) is 12.9. The van der Waals surface area contributed by atoms with Crippen LogP contribution in [0.3, 0.4) is 0 Å². The van der Waals surface area contributed by atoms with Crippen molar-refractivity contribution < 1.29 is 13.4 Å². The van der Waals surface area contributed by atoms with Crippen LogP contribution in [0.25, 0.3) is 0 Å². The molecule has 2 unspecified atom stereocenters. The molecule has 0 saturated heterocycles. The molecule has 1 aliphatic rings. The summed E-state index contributed by atoms with van der Waals surface area (Å²) in [4.78, 5) is 20.4. The first-order valence-corrected chi connectivity index (χ1v) is 9.09. The van der Waals surface area contributed by atoms with E-state index in [4.69, 9.17) is 11.0 Å². The van der Waals surface area contributed by atoms with Crippen molar-refractivity contribution in [3.05, 3.63) is 59.2 Å². The molecule has 1 aromatic carbocycles. The Labute approximate surface area is 157 Å². The van der Waals surface area contributed by atoms with Gasteiger partial charge in [0.1, 0.15) is 28.6 Å². The number of guanidine groups is 1. The molecule has 3 rings (SSSR count). The maximum absolute atomic E-state index is 14.3. The van der Waals surface area contributed by atoms with Gasteiger partial charge in [0.05, 0.1) is 17.4 Å². The van der Waals surface area contributed by atoms with Gasteiger partial charge in [-0.15, -0.1) is 0 Å². The van der Waals surface area contributed by atoms with Crippen LogP contribution < -0.4 is 11.1 Å². The zero-order valence-electron chi connectivity index (χ0n) is 14.2. The Balaban J connectivity index is 1.84. The Kier molecular flexibility index (Phi) is 5.14. The van der Waals surface area contributed by atoms with Gasteiger partial charge in [-0.2, -0.15) is 5.26 Å². The molecule has 0 aliphatic carbocycles. The van der Waals surface area contributed by atoms with Crippen molar-refractivity contribution in [2.45, 2.75) is 6.04 Å². The lowest BCUT2D eigenvalue weighted by molar-refractivity contribution is 0.102. The number of rotatable bonds is 3. The summed E-state index contributed by atoms with van der Waals surface area (Å²) in [6.45, 7) is 0. The lowest BCUT2D eigenvalue weighted by atomic mass is 10.1.